The van der Waals surface area contributed by atoms with Gasteiger partial charge in [0.1, 0.15) is 17.5 Å². The van der Waals surface area contributed by atoms with Gasteiger partial charge >= 0.3 is 0 Å². The van der Waals surface area contributed by atoms with Gasteiger partial charge in [0.2, 0.25) is 0 Å². The Kier molecular flexibility index (Phi) is 4.53. The first-order valence-corrected chi connectivity index (χ1v) is 9.55. The van der Waals surface area contributed by atoms with Crippen LogP contribution in [0.3, 0.4) is 0 Å². The van der Waals surface area contributed by atoms with Gasteiger partial charge < -0.3 is 15.6 Å². The van der Waals surface area contributed by atoms with Crippen LogP contribution < -0.4 is 10.6 Å². The van der Waals surface area contributed by atoms with E-state index >= 15 is 0 Å². The highest BCUT2D eigenvalue weighted by molar-refractivity contribution is 5.96. The van der Waals surface area contributed by atoms with E-state index in [2.05, 4.69) is 30.6 Å². The molecule has 7 heteroatoms. The molecule has 0 radical (unpaired) electrons. The highest BCUT2D eigenvalue weighted by Gasteiger charge is 2.10. The second-order valence-corrected chi connectivity index (χ2v) is 6.82. The van der Waals surface area contributed by atoms with Gasteiger partial charge in [-0.2, -0.15) is 0 Å². The summed E-state index contributed by atoms with van der Waals surface area (Å²) in [4.78, 5) is 29.0. The lowest BCUT2D eigenvalue weighted by Crippen LogP contribution is -2.23. The zero-order valence-electron chi connectivity index (χ0n) is 16.0. The van der Waals surface area contributed by atoms with Crippen LogP contribution in [0.5, 0.6) is 0 Å². The largest absolute Gasteiger partial charge is 0.345 e. The highest BCUT2D eigenvalue weighted by Crippen LogP contribution is 2.23. The van der Waals surface area contributed by atoms with Crippen molar-refractivity contribution in [2.45, 2.75) is 6.54 Å². The molecule has 5 aromatic rings. The Hall–Kier alpha value is -4.26. The van der Waals surface area contributed by atoms with Crippen LogP contribution in [-0.4, -0.2) is 25.8 Å². The average molecular weight is 394 g/mol. The first-order chi connectivity index (χ1) is 14.8. The molecule has 0 atom stereocenters. The predicted octanol–water partition coefficient (Wildman–Crippen LogP) is 4.18. The molecule has 0 unspecified atom stereocenters. The molecule has 0 aliphatic rings. The third-order valence-electron chi connectivity index (χ3n) is 4.80. The molecule has 1 amide bonds. The standard InChI is InChI=1S/C23H18N6O/c30-23(26-14-21-27-18-7-3-4-8-19(18)28-21)16-10-11-24-20(13-16)29-22-17-6-2-1-5-15(17)9-12-25-22/h1-13H,14H2,(H,26,30)(H,27,28)(H,24,25,29). The molecule has 5 rings (SSSR count). The van der Waals surface area contributed by atoms with Gasteiger partial charge in [0.05, 0.1) is 17.6 Å². The maximum absolute atomic E-state index is 12.6. The van der Waals surface area contributed by atoms with Gasteiger partial charge in [-0.1, -0.05) is 36.4 Å². The van der Waals surface area contributed by atoms with E-state index in [1.807, 2.05) is 54.6 Å². The monoisotopic (exact) mass is 394 g/mol. The lowest BCUT2D eigenvalue weighted by molar-refractivity contribution is 0.0950. The number of H-pyrrole nitrogens is 1. The Balaban J connectivity index is 1.32. The Bertz CT molecular complexity index is 1320. The summed E-state index contributed by atoms with van der Waals surface area (Å²) in [6.45, 7) is 0.309. The number of aromatic amines is 1. The second-order valence-electron chi connectivity index (χ2n) is 6.82. The SMILES string of the molecule is O=C(NCc1nc2ccccc2[nH]1)c1ccnc(Nc2nccc3ccccc23)c1. The number of carbonyl (C=O) groups is 1. The summed E-state index contributed by atoms with van der Waals surface area (Å²) < 4.78 is 0. The average Bonchev–Trinajstić information content (AvgIpc) is 3.21. The minimum atomic E-state index is -0.202. The molecular weight excluding hydrogens is 376 g/mol. The molecule has 0 fully saturated rings. The summed E-state index contributed by atoms with van der Waals surface area (Å²) in [5, 5.41) is 8.17. The van der Waals surface area contributed by atoms with Crippen LogP contribution in [0.4, 0.5) is 11.6 Å². The Morgan fingerprint density at radius 1 is 0.933 bits per heavy atom. The number of hydrogen-bond donors (Lipinski definition) is 3. The number of anilines is 2. The smallest absolute Gasteiger partial charge is 0.251 e. The Morgan fingerprint density at radius 2 is 1.77 bits per heavy atom. The van der Waals surface area contributed by atoms with Crippen molar-refractivity contribution in [3.05, 3.63) is 90.5 Å². The molecule has 0 aliphatic carbocycles. The molecule has 30 heavy (non-hydrogen) atoms. The Labute approximate surface area is 172 Å². The predicted molar refractivity (Wildman–Crippen MR) is 117 cm³/mol. The van der Waals surface area contributed by atoms with Crippen molar-refractivity contribution in [3.63, 3.8) is 0 Å². The molecule has 0 aliphatic heterocycles. The van der Waals surface area contributed by atoms with E-state index in [9.17, 15) is 4.79 Å². The van der Waals surface area contributed by atoms with Gasteiger partial charge in [0, 0.05) is 23.3 Å². The van der Waals surface area contributed by atoms with E-state index in [1.165, 1.54) is 0 Å². The zero-order valence-corrected chi connectivity index (χ0v) is 16.0. The van der Waals surface area contributed by atoms with Crippen molar-refractivity contribution in [1.82, 2.24) is 25.3 Å². The number of nitrogens with one attached hydrogen (secondary N) is 3. The second kappa shape index (κ2) is 7.63. The van der Waals surface area contributed by atoms with E-state index in [0.717, 1.165) is 21.8 Å². The summed E-state index contributed by atoms with van der Waals surface area (Å²) in [6, 6.07) is 21.1. The maximum Gasteiger partial charge on any atom is 0.251 e. The molecule has 0 bridgehead atoms. The summed E-state index contributed by atoms with van der Waals surface area (Å²) in [7, 11) is 0. The van der Waals surface area contributed by atoms with Gasteiger partial charge in [-0.25, -0.2) is 15.0 Å². The van der Waals surface area contributed by atoms with Gasteiger partial charge in [0.25, 0.3) is 5.91 Å². The first kappa shape index (κ1) is 17.8. The molecule has 3 N–H and O–H groups in total. The molecular formula is C23H18N6O. The van der Waals surface area contributed by atoms with Crippen molar-refractivity contribution in [2.24, 2.45) is 0 Å². The Morgan fingerprint density at radius 3 is 2.70 bits per heavy atom. The van der Waals surface area contributed by atoms with Crippen LogP contribution in [0.1, 0.15) is 16.2 Å². The topological polar surface area (TPSA) is 95.6 Å². The van der Waals surface area contributed by atoms with Crippen LogP contribution >= 0.6 is 0 Å². The lowest BCUT2D eigenvalue weighted by Gasteiger charge is -2.09. The number of hydrogen-bond acceptors (Lipinski definition) is 5. The van der Waals surface area contributed by atoms with Crippen LogP contribution in [0.2, 0.25) is 0 Å². The van der Waals surface area contributed by atoms with E-state index in [0.29, 0.717) is 29.6 Å². The van der Waals surface area contributed by atoms with E-state index < -0.39 is 0 Å². The van der Waals surface area contributed by atoms with Crippen molar-refractivity contribution in [1.29, 1.82) is 0 Å². The number of pyridine rings is 2. The van der Waals surface area contributed by atoms with Gasteiger partial charge in [0.15, 0.2) is 0 Å². The number of amides is 1. The fraction of sp³-hybridized carbons (Fsp3) is 0.0435. The molecule has 0 spiro atoms. The van der Waals surface area contributed by atoms with Gasteiger partial charge in [-0.3, -0.25) is 4.79 Å². The van der Waals surface area contributed by atoms with Crippen molar-refractivity contribution < 1.29 is 4.79 Å². The van der Waals surface area contributed by atoms with Crippen LogP contribution in [0.15, 0.2) is 79.1 Å². The van der Waals surface area contributed by atoms with Crippen molar-refractivity contribution in [2.75, 3.05) is 5.32 Å². The maximum atomic E-state index is 12.6. The minimum absolute atomic E-state index is 0.202. The van der Waals surface area contributed by atoms with Gasteiger partial charge in [-0.05, 0) is 35.7 Å². The van der Waals surface area contributed by atoms with E-state index in [-0.39, 0.29) is 5.91 Å². The van der Waals surface area contributed by atoms with Crippen molar-refractivity contribution >= 4 is 39.3 Å². The van der Waals surface area contributed by atoms with Crippen molar-refractivity contribution in [3.8, 4) is 0 Å². The molecule has 0 saturated carbocycles. The van der Waals surface area contributed by atoms with E-state index in [4.69, 9.17) is 0 Å². The number of imidazole rings is 1. The molecule has 146 valence electrons. The fourth-order valence-electron chi connectivity index (χ4n) is 3.34. The number of para-hydroxylation sites is 2. The number of benzene rings is 2. The summed E-state index contributed by atoms with van der Waals surface area (Å²) in [5.41, 5.74) is 2.32. The van der Waals surface area contributed by atoms with Crippen LogP contribution in [-0.2, 0) is 6.54 Å². The molecule has 2 aromatic carbocycles. The quantitative estimate of drug-likeness (QED) is 0.416. The summed E-state index contributed by atoms with van der Waals surface area (Å²) >= 11 is 0. The molecule has 7 nitrogen and oxygen atoms in total. The molecule has 3 heterocycles. The minimum Gasteiger partial charge on any atom is -0.345 e. The first-order valence-electron chi connectivity index (χ1n) is 9.55. The number of aromatic nitrogens is 4. The van der Waals surface area contributed by atoms with Crippen LogP contribution in [0, 0.1) is 0 Å². The van der Waals surface area contributed by atoms with Crippen LogP contribution in [0.25, 0.3) is 21.8 Å². The molecule has 0 saturated heterocycles. The highest BCUT2D eigenvalue weighted by atomic mass is 16.1. The lowest BCUT2D eigenvalue weighted by atomic mass is 10.1. The fourth-order valence-corrected chi connectivity index (χ4v) is 3.34. The number of rotatable bonds is 5. The molecule has 3 aromatic heterocycles. The zero-order chi connectivity index (χ0) is 20.3. The third kappa shape index (κ3) is 3.56. The third-order valence-corrected chi connectivity index (χ3v) is 4.80. The number of nitrogens with zero attached hydrogens (tertiary/aromatic N) is 3. The number of fused-ring (bicyclic) bond motifs is 2. The van der Waals surface area contributed by atoms with Gasteiger partial charge in [-0.15, -0.1) is 0 Å². The van der Waals surface area contributed by atoms with E-state index in [1.54, 1.807) is 24.5 Å². The summed E-state index contributed by atoms with van der Waals surface area (Å²) in [5.74, 6) is 1.75. The number of carbonyl (C=O) groups excluding carboxylic acids is 1. The normalized spacial score (nSPS) is 10.9. The summed E-state index contributed by atoms with van der Waals surface area (Å²) in [6.07, 6.45) is 3.35.